The molecule has 2 aromatic rings. The number of benzene rings is 1. The Kier molecular flexibility index (Phi) is 5.00. The van der Waals surface area contributed by atoms with Crippen LogP contribution in [0.15, 0.2) is 22.8 Å². The van der Waals surface area contributed by atoms with Crippen LogP contribution in [0.1, 0.15) is 26.3 Å². The monoisotopic (exact) mass is 362 g/mol. The smallest absolute Gasteiger partial charge is 0.410 e. The van der Waals surface area contributed by atoms with Crippen molar-refractivity contribution in [2.45, 2.75) is 32.9 Å². The first-order valence-electron chi connectivity index (χ1n) is 8.75. The van der Waals surface area contributed by atoms with Gasteiger partial charge in [-0.1, -0.05) is 0 Å². The molecule has 1 aromatic carbocycles. The quantitative estimate of drug-likeness (QED) is 0.904. The van der Waals surface area contributed by atoms with E-state index in [1.165, 1.54) is 6.26 Å². The number of fused-ring (bicyclic) bond motifs is 1. The van der Waals surface area contributed by atoms with Crippen molar-refractivity contribution < 1.29 is 23.8 Å². The van der Waals surface area contributed by atoms with Crippen molar-refractivity contribution in [2.75, 3.05) is 33.3 Å². The van der Waals surface area contributed by atoms with Crippen LogP contribution < -0.4 is 4.74 Å². The summed E-state index contributed by atoms with van der Waals surface area (Å²) in [6.45, 7) is 8.90. The van der Waals surface area contributed by atoms with E-state index < -0.39 is 5.60 Å². The van der Waals surface area contributed by atoms with Crippen molar-refractivity contribution >= 4 is 17.1 Å². The molecule has 3 rings (SSSR count). The molecule has 0 unspecified atom stereocenters. The van der Waals surface area contributed by atoms with Crippen LogP contribution in [-0.2, 0) is 11.3 Å². The van der Waals surface area contributed by atoms with Gasteiger partial charge in [-0.15, -0.1) is 0 Å². The third-order valence-corrected chi connectivity index (χ3v) is 4.41. The average molecular weight is 362 g/mol. The highest BCUT2D eigenvalue weighted by Gasteiger charge is 2.27. The van der Waals surface area contributed by atoms with Crippen molar-refractivity contribution in [3.05, 3.63) is 24.0 Å². The van der Waals surface area contributed by atoms with E-state index in [0.29, 0.717) is 30.6 Å². The van der Waals surface area contributed by atoms with E-state index in [1.54, 1.807) is 18.1 Å². The third kappa shape index (κ3) is 3.88. The number of rotatable bonds is 3. The Bertz CT molecular complexity index is 785. The summed E-state index contributed by atoms with van der Waals surface area (Å²) in [4.78, 5) is 16.1. The molecule has 1 amide bonds. The molecular formula is C19H26N2O5. The number of methoxy groups -OCH3 is 1. The number of amides is 1. The fourth-order valence-corrected chi connectivity index (χ4v) is 3.10. The second-order valence-electron chi connectivity index (χ2n) is 7.49. The van der Waals surface area contributed by atoms with E-state index in [9.17, 15) is 9.90 Å². The first-order valence-corrected chi connectivity index (χ1v) is 8.75. The highest BCUT2D eigenvalue weighted by atomic mass is 16.6. The van der Waals surface area contributed by atoms with Gasteiger partial charge in [0.15, 0.2) is 5.75 Å². The minimum Gasteiger partial charge on any atom is -0.504 e. The Balaban J connectivity index is 1.68. The van der Waals surface area contributed by atoms with E-state index in [-0.39, 0.29) is 11.8 Å². The summed E-state index contributed by atoms with van der Waals surface area (Å²) in [6, 6.07) is 3.63. The Labute approximate surface area is 153 Å². The van der Waals surface area contributed by atoms with E-state index >= 15 is 0 Å². The molecule has 26 heavy (non-hydrogen) atoms. The van der Waals surface area contributed by atoms with Crippen LogP contribution in [0.4, 0.5) is 4.79 Å². The maximum atomic E-state index is 12.2. The topological polar surface area (TPSA) is 75.4 Å². The summed E-state index contributed by atoms with van der Waals surface area (Å²) >= 11 is 0. The molecular weight excluding hydrogens is 336 g/mol. The Morgan fingerprint density at radius 2 is 1.92 bits per heavy atom. The predicted octanol–water partition coefficient (Wildman–Crippen LogP) is 3.20. The zero-order valence-corrected chi connectivity index (χ0v) is 15.7. The number of hydrogen-bond acceptors (Lipinski definition) is 6. The molecule has 7 heteroatoms. The molecule has 1 aromatic heterocycles. The second kappa shape index (κ2) is 7.07. The van der Waals surface area contributed by atoms with Gasteiger partial charge in [0, 0.05) is 32.7 Å². The summed E-state index contributed by atoms with van der Waals surface area (Å²) in [7, 11) is 1.62. The summed E-state index contributed by atoms with van der Waals surface area (Å²) in [5.74, 6) is 0.847. The number of hydrogen-bond donors (Lipinski definition) is 1. The van der Waals surface area contributed by atoms with E-state index in [1.807, 2.05) is 26.8 Å². The molecule has 0 bridgehead atoms. The molecule has 0 radical (unpaired) electrons. The van der Waals surface area contributed by atoms with Crippen LogP contribution in [0, 0.1) is 0 Å². The minimum absolute atomic E-state index is 0.124. The predicted molar refractivity (Wildman–Crippen MR) is 97.5 cm³/mol. The van der Waals surface area contributed by atoms with Gasteiger partial charge in [0.2, 0.25) is 0 Å². The lowest BCUT2D eigenvalue weighted by molar-refractivity contribution is 0.0138. The van der Waals surface area contributed by atoms with Gasteiger partial charge in [-0.05, 0) is 32.9 Å². The SMILES string of the molecule is COc1ccc2c(O)coc2c1CN1CCN(C(=O)OC(C)(C)C)CC1. The molecule has 0 saturated carbocycles. The number of piperazine rings is 1. The molecule has 0 spiro atoms. The van der Waals surface area contributed by atoms with Crippen LogP contribution in [0.2, 0.25) is 0 Å². The molecule has 1 N–H and O–H groups in total. The summed E-state index contributed by atoms with van der Waals surface area (Å²) in [5, 5.41) is 10.6. The highest BCUT2D eigenvalue weighted by Crippen LogP contribution is 2.35. The van der Waals surface area contributed by atoms with Crippen LogP contribution >= 0.6 is 0 Å². The fourth-order valence-electron chi connectivity index (χ4n) is 3.10. The van der Waals surface area contributed by atoms with Gasteiger partial charge in [-0.2, -0.15) is 0 Å². The normalized spacial score (nSPS) is 16.1. The van der Waals surface area contributed by atoms with E-state index in [0.717, 1.165) is 24.4 Å². The van der Waals surface area contributed by atoms with Crippen molar-refractivity contribution in [1.82, 2.24) is 9.80 Å². The van der Waals surface area contributed by atoms with Gasteiger partial charge in [-0.25, -0.2) is 4.79 Å². The lowest BCUT2D eigenvalue weighted by atomic mass is 10.1. The third-order valence-electron chi connectivity index (χ3n) is 4.41. The molecule has 7 nitrogen and oxygen atoms in total. The number of carbonyl (C=O) groups excluding carboxylic acids is 1. The molecule has 0 atom stereocenters. The zero-order valence-electron chi connectivity index (χ0n) is 15.7. The van der Waals surface area contributed by atoms with Gasteiger partial charge in [0.05, 0.1) is 18.1 Å². The molecule has 1 aliphatic rings. The van der Waals surface area contributed by atoms with Crippen LogP contribution in [0.5, 0.6) is 11.5 Å². The lowest BCUT2D eigenvalue weighted by Crippen LogP contribution is -2.49. The first kappa shape index (κ1) is 18.4. The maximum Gasteiger partial charge on any atom is 0.410 e. The molecule has 2 heterocycles. The first-order chi connectivity index (χ1) is 12.3. The lowest BCUT2D eigenvalue weighted by Gasteiger charge is -2.35. The number of furan rings is 1. The summed E-state index contributed by atoms with van der Waals surface area (Å²) in [5.41, 5.74) is 1.05. The summed E-state index contributed by atoms with van der Waals surface area (Å²) < 4.78 is 16.4. The molecule has 142 valence electrons. The minimum atomic E-state index is -0.488. The number of ether oxygens (including phenoxy) is 2. The second-order valence-corrected chi connectivity index (χ2v) is 7.49. The van der Waals surface area contributed by atoms with Gasteiger partial charge in [-0.3, -0.25) is 4.90 Å². The average Bonchev–Trinajstić information content (AvgIpc) is 2.96. The van der Waals surface area contributed by atoms with Crippen molar-refractivity contribution in [3.8, 4) is 11.5 Å². The number of carbonyl (C=O) groups is 1. The molecule has 1 fully saturated rings. The van der Waals surface area contributed by atoms with Gasteiger partial charge < -0.3 is 23.9 Å². The summed E-state index contributed by atoms with van der Waals surface area (Å²) in [6.07, 6.45) is 1.07. The largest absolute Gasteiger partial charge is 0.504 e. The Hall–Kier alpha value is -2.41. The van der Waals surface area contributed by atoms with Crippen molar-refractivity contribution in [3.63, 3.8) is 0 Å². The molecule has 1 saturated heterocycles. The van der Waals surface area contributed by atoms with Gasteiger partial charge in [0.1, 0.15) is 23.2 Å². The van der Waals surface area contributed by atoms with E-state index in [2.05, 4.69) is 4.90 Å². The van der Waals surface area contributed by atoms with Crippen LogP contribution in [-0.4, -0.2) is 59.9 Å². The Morgan fingerprint density at radius 1 is 1.23 bits per heavy atom. The van der Waals surface area contributed by atoms with Crippen molar-refractivity contribution in [1.29, 1.82) is 0 Å². The van der Waals surface area contributed by atoms with Gasteiger partial charge in [0.25, 0.3) is 0 Å². The van der Waals surface area contributed by atoms with Crippen LogP contribution in [0.3, 0.4) is 0 Å². The maximum absolute atomic E-state index is 12.2. The Morgan fingerprint density at radius 3 is 2.54 bits per heavy atom. The number of aromatic hydroxyl groups is 1. The molecule has 0 aliphatic carbocycles. The highest BCUT2D eigenvalue weighted by molar-refractivity contribution is 5.88. The van der Waals surface area contributed by atoms with Crippen LogP contribution in [0.25, 0.3) is 11.0 Å². The van der Waals surface area contributed by atoms with Gasteiger partial charge >= 0.3 is 6.09 Å². The molecule has 1 aliphatic heterocycles. The fraction of sp³-hybridized carbons (Fsp3) is 0.526. The van der Waals surface area contributed by atoms with Crippen molar-refractivity contribution in [2.24, 2.45) is 0 Å². The van der Waals surface area contributed by atoms with E-state index in [4.69, 9.17) is 13.9 Å². The standard InChI is InChI=1S/C19H26N2O5/c1-19(2,3)26-18(23)21-9-7-20(8-10-21)11-14-16(24-4)6-5-13-15(22)12-25-17(13)14/h5-6,12,22H,7-11H2,1-4H3. The number of nitrogens with zero attached hydrogens (tertiary/aromatic N) is 2. The zero-order chi connectivity index (χ0) is 18.9.